The molecule has 0 spiro atoms. The highest BCUT2D eigenvalue weighted by Gasteiger charge is 2.37. The van der Waals surface area contributed by atoms with Crippen LogP contribution in [0.4, 0.5) is 24.5 Å². The van der Waals surface area contributed by atoms with Crippen LogP contribution in [0.2, 0.25) is 0 Å². The number of hydrogen-bond donors (Lipinski definition) is 1. The minimum absolute atomic E-state index is 0.124. The highest BCUT2D eigenvalue weighted by Crippen LogP contribution is 2.30. The van der Waals surface area contributed by atoms with E-state index in [4.69, 9.17) is 5.73 Å². The summed E-state index contributed by atoms with van der Waals surface area (Å²) in [4.78, 5) is 29.2. The largest absolute Gasteiger partial charge is 0.468 e. The van der Waals surface area contributed by atoms with Gasteiger partial charge in [0, 0.05) is 11.8 Å². The number of alkyl halides is 3. The lowest BCUT2D eigenvalue weighted by atomic mass is 10.1. The molecule has 1 aromatic heterocycles. The van der Waals surface area contributed by atoms with E-state index >= 15 is 0 Å². The number of aromatic nitrogens is 1. The van der Waals surface area contributed by atoms with E-state index in [2.05, 4.69) is 9.72 Å². The topological polar surface area (TPSA) is 85.5 Å². The van der Waals surface area contributed by atoms with Crippen molar-refractivity contribution in [2.45, 2.75) is 6.18 Å². The predicted octanol–water partition coefficient (Wildman–Crippen LogP) is 2.41. The molecular formula is C15H10F3N3O3. The Morgan fingerprint density at radius 2 is 1.79 bits per heavy atom. The molecule has 0 bridgehead atoms. The van der Waals surface area contributed by atoms with Gasteiger partial charge in [-0.15, -0.1) is 0 Å². The third kappa shape index (κ3) is 2.87. The molecule has 0 radical (unpaired) electrons. The molecule has 1 aliphatic rings. The fourth-order valence-corrected chi connectivity index (χ4v) is 2.24. The molecular weight excluding hydrogens is 327 g/mol. The van der Waals surface area contributed by atoms with Crippen LogP contribution in [0, 0.1) is 0 Å². The number of nitrogens with zero attached hydrogens (tertiary/aromatic N) is 2. The number of nitrogens with two attached hydrogens (primary N) is 1. The van der Waals surface area contributed by atoms with Crippen molar-refractivity contribution in [1.29, 1.82) is 0 Å². The zero-order chi connectivity index (χ0) is 17.5. The van der Waals surface area contributed by atoms with Gasteiger partial charge in [-0.1, -0.05) is 0 Å². The SMILES string of the molecule is Nc1ccc2c(c1)C(=O)N(c1ccc(OCC(F)(F)F)nc1)C2=O. The summed E-state index contributed by atoms with van der Waals surface area (Å²) in [5, 5.41) is 0. The van der Waals surface area contributed by atoms with E-state index in [0.717, 1.165) is 17.2 Å². The number of fused-ring (bicyclic) bond motifs is 1. The van der Waals surface area contributed by atoms with Crippen LogP contribution in [0.5, 0.6) is 5.88 Å². The van der Waals surface area contributed by atoms with Gasteiger partial charge in [-0.3, -0.25) is 9.59 Å². The van der Waals surface area contributed by atoms with Crippen molar-refractivity contribution in [1.82, 2.24) is 4.98 Å². The van der Waals surface area contributed by atoms with Gasteiger partial charge in [0.25, 0.3) is 11.8 Å². The number of pyridine rings is 1. The highest BCUT2D eigenvalue weighted by atomic mass is 19.4. The van der Waals surface area contributed by atoms with Crippen LogP contribution in [-0.4, -0.2) is 29.6 Å². The summed E-state index contributed by atoms with van der Waals surface area (Å²) < 4.78 is 40.8. The second-order valence-electron chi connectivity index (χ2n) is 5.01. The Morgan fingerprint density at radius 3 is 2.42 bits per heavy atom. The number of amides is 2. The summed E-state index contributed by atoms with van der Waals surface area (Å²) in [6, 6.07) is 6.77. The molecule has 0 unspecified atom stereocenters. The maximum absolute atomic E-state index is 12.3. The van der Waals surface area contributed by atoms with Crippen molar-refractivity contribution in [3.63, 3.8) is 0 Å². The van der Waals surface area contributed by atoms with Crippen molar-refractivity contribution in [2.24, 2.45) is 0 Å². The normalized spacial score (nSPS) is 14.0. The summed E-state index contributed by atoms with van der Waals surface area (Å²) >= 11 is 0. The van der Waals surface area contributed by atoms with Crippen LogP contribution in [0.1, 0.15) is 20.7 Å². The Balaban J connectivity index is 1.83. The maximum atomic E-state index is 12.3. The summed E-state index contributed by atoms with van der Waals surface area (Å²) in [6.45, 7) is -1.48. The monoisotopic (exact) mass is 337 g/mol. The predicted molar refractivity (Wildman–Crippen MR) is 77.8 cm³/mol. The maximum Gasteiger partial charge on any atom is 0.422 e. The zero-order valence-corrected chi connectivity index (χ0v) is 12.0. The third-order valence-electron chi connectivity index (χ3n) is 3.27. The number of carbonyl (C=O) groups is 2. The van der Waals surface area contributed by atoms with Gasteiger partial charge >= 0.3 is 6.18 Å². The molecule has 0 aliphatic carbocycles. The van der Waals surface area contributed by atoms with E-state index in [-0.39, 0.29) is 22.7 Å². The highest BCUT2D eigenvalue weighted by molar-refractivity contribution is 6.34. The lowest BCUT2D eigenvalue weighted by Gasteiger charge is -2.14. The molecule has 9 heteroatoms. The molecule has 24 heavy (non-hydrogen) atoms. The molecule has 0 fully saturated rings. The van der Waals surface area contributed by atoms with E-state index in [0.29, 0.717) is 5.69 Å². The quantitative estimate of drug-likeness (QED) is 0.687. The van der Waals surface area contributed by atoms with Crippen molar-refractivity contribution >= 4 is 23.2 Å². The number of halogens is 3. The Morgan fingerprint density at radius 1 is 1.08 bits per heavy atom. The van der Waals surface area contributed by atoms with E-state index in [1.165, 1.54) is 24.3 Å². The molecule has 1 aliphatic heterocycles. The molecule has 3 rings (SSSR count). The van der Waals surface area contributed by atoms with Gasteiger partial charge in [-0.05, 0) is 24.3 Å². The molecule has 2 amide bonds. The van der Waals surface area contributed by atoms with Crippen molar-refractivity contribution in [2.75, 3.05) is 17.2 Å². The lowest BCUT2D eigenvalue weighted by Crippen LogP contribution is -2.29. The van der Waals surface area contributed by atoms with Gasteiger partial charge in [0.15, 0.2) is 6.61 Å². The number of hydrogen-bond acceptors (Lipinski definition) is 5. The molecule has 1 aromatic carbocycles. The van der Waals surface area contributed by atoms with Crippen LogP contribution in [0.3, 0.4) is 0 Å². The Kier molecular flexibility index (Phi) is 3.63. The van der Waals surface area contributed by atoms with Crippen molar-refractivity contribution in [3.8, 4) is 5.88 Å². The molecule has 0 saturated heterocycles. The van der Waals surface area contributed by atoms with Gasteiger partial charge in [0.05, 0.1) is 23.0 Å². The molecule has 2 aromatic rings. The average molecular weight is 337 g/mol. The first-order valence-corrected chi connectivity index (χ1v) is 6.70. The summed E-state index contributed by atoms with van der Waals surface area (Å²) in [7, 11) is 0. The van der Waals surface area contributed by atoms with E-state index in [9.17, 15) is 22.8 Å². The number of imide groups is 1. The Labute approximate surface area is 133 Å². The van der Waals surface area contributed by atoms with Gasteiger partial charge in [0.1, 0.15) is 0 Å². The smallest absolute Gasteiger partial charge is 0.422 e. The first-order valence-electron chi connectivity index (χ1n) is 6.70. The number of nitrogen functional groups attached to an aromatic ring is 1. The average Bonchev–Trinajstić information content (AvgIpc) is 2.76. The second kappa shape index (κ2) is 5.52. The summed E-state index contributed by atoms with van der Waals surface area (Å²) in [5.41, 5.74) is 6.44. The van der Waals surface area contributed by atoms with Gasteiger partial charge in [0.2, 0.25) is 5.88 Å². The zero-order valence-electron chi connectivity index (χ0n) is 12.0. The number of benzene rings is 1. The van der Waals surface area contributed by atoms with E-state index < -0.39 is 24.6 Å². The lowest BCUT2D eigenvalue weighted by molar-refractivity contribution is -0.154. The number of ether oxygens (including phenoxy) is 1. The number of rotatable bonds is 3. The minimum atomic E-state index is -4.48. The van der Waals surface area contributed by atoms with Crippen LogP contribution >= 0.6 is 0 Å². The molecule has 0 saturated carbocycles. The van der Waals surface area contributed by atoms with Crippen molar-refractivity contribution in [3.05, 3.63) is 47.7 Å². The molecule has 6 nitrogen and oxygen atoms in total. The Bertz CT molecular complexity index is 819. The van der Waals surface area contributed by atoms with E-state index in [1.54, 1.807) is 0 Å². The summed E-state index contributed by atoms with van der Waals surface area (Å²) in [6.07, 6.45) is -3.39. The van der Waals surface area contributed by atoms with E-state index in [1.807, 2.05) is 0 Å². The summed E-state index contributed by atoms with van der Waals surface area (Å²) in [5.74, 6) is -1.40. The molecule has 2 N–H and O–H groups in total. The fraction of sp³-hybridized carbons (Fsp3) is 0.133. The molecule has 124 valence electrons. The third-order valence-corrected chi connectivity index (χ3v) is 3.27. The first kappa shape index (κ1) is 15.8. The van der Waals surface area contributed by atoms with Crippen LogP contribution in [0.15, 0.2) is 36.5 Å². The van der Waals surface area contributed by atoms with Crippen LogP contribution < -0.4 is 15.4 Å². The standard InChI is InChI=1S/C15H10F3N3O3/c16-15(17,18)7-24-12-4-2-9(6-20-12)21-13(22)10-3-1-8(19)5-11(10)14(21)23/h1-6H,7,19H2. The van der Waals surface area contributed by atoms with Gasteiger partial charge < -0.3 is 10.5 Å². The second-order valence-corrected chi connectivity index (χ2v) is 5.01. The van der Waals surface area contributed by atoms with Crippen LogP contribution in [-0.2, 0) is 0 Å². The fourth-order valence-electron chi connectivity index (χ4n) is 2.24. The minimum Gasteiger partial charge on any atom is -0.468 e. The molecule has 2 heterocycles. The van der Waals surface area contributed by atoms with Crippen molar-refractivity contribution < 1.29 is 27.5 Å². The number of carbonyl (C=O) groups excluding carboxylic acids is 2. The van der Waals surface area contributed by atoms with Crippen LogP contribution in [0.25, 0.3) is 0 Å². The Hall–Kier alpha value is -3.10. The first-order chi connectivity index (χ1) is 11.3. The molecule has 0 atom stereocenters. The van der Waals surface area contributed by atoms with Gasteiger partial charge in [-0.25, -0.2) is 9.88 Å². The van der Waals surface area contributed by atoms with Gasteiger partial charge in [-0.2, -0.15) is 13.2 Å². The number of anilines is 2.